The average molecular weight is 256 g/mol. The van der Waals surface area contributed by atoms with E-state index in [1.807, 2.05) is 34.6 Å². The smallest absolute Gasteiger partial charge is 0.308 e. The van der Waals surface area contributed by atoms with Gasteiger partial charge >= 0.3 is 5.97 Å². The standard InChI is InChI=1S/C13H24N2O3/c1-8-6-15(7-9(8)10(16)17)11(18)12(2,3)13(4,5)14/h8-9H,6-7,14H2,1-5H3,(H,16,17)/t8-,9-/m1/s1. The molecule has 0 aromatic heterocycles. The quantitative estimate of drug-likeness (QED) is 0.786. The van der Waals surface area contributed by atoms with Gasteiger partial charge in [0.05, 0.1) is 11.3 Å². The predicted octanol–water partition coefficient (Wildman–Crippen LogP) is 0.929. The van der Waals surface area contributed by atoms with Gasteiger partial charge < -0.3 is 15.7 Å². The Morgan fingerprint density at radius 3 is 2.06 bits per heavy atom. The molecule has 0 radical (unpaired) electrons. The molecule has 1 aliphatic heterocycles. The van der Waals surface area contributed by atoms with Crippen molar-refractivity contribution in [1.29, 1.82) is 0 Å². The number of carboxylic acid groups (broad SMARTS) is 1. The monoisotopic (exact) mass is 256 g/mol. The maximum absolute atomic E-state index is 12.5. The molecule has 1 rings (SSSR count). The number of rotatable bonds is 3. The summed E-state index contributed by atoms with van der Waals surface area (Å²) in [5.41, 5.74) is 4.69. The molecule has 5 nitrogen and oxygen atoms in total. The number of amides is 1. The Morgan fingerprint density at radius 1 is 1.22 bits per heavy atom. The highest BCUT2D eigenvalue weighted by Crippen LogP contribution is 2.34. The summed E-state index contributed by atoms with van der Waals surface area (Å²) in [5, 5.41) is 9.08. The van der Waals surface area contributed by atoms with Crippen LogP contribution >= 0.6 is 0 Å². The number of aliphatic carboxylic acids is 1. The van der Waals surface area contributed by atoms with Crippen molar-refractivity contribution >= 4 is 11.9 Å². The molecule has 0 spiro atoms. The van der Waals surface area contributed by atoms with Crippen LogP contribution in [0.3, 0.4) is 0 Å². The zero-order valence-corrected chi connectivity index (χ0v) is 11.9. The van der Waals surface area contributed by atoms with Gasteiger partial charge in [0, 0.05) is 18.6 Å². The lowest BCUT2D eigenvalue weighted by atomic mass is 9.74. The van der Waals surface area contributed by atoms with Crippen molar-refractivity contribution in [3.8, 4) is 0 Å². The molecule has 5 heteroatoms. The summed E-state index contributed by atoms with van der Waals surface area (Å²) in [4.78, 5) is 25.2. The second-order valence-electron chi connectivity index (χ2n) is 6.48. The summed E-state index contributed by atoms with van der Waals surface area (Å²) >= 11 is 0. The van der Waals surface area contributed by atoms with Gasteiger partial charge in [-0.2, -0.15) is 0 Å². The topological polar surface area (TPSA) is 83.6 Å². The van der Waals surface area contributed by atoms with E-state index in [1.165, 1.54) is 0 Å². The lowest BCUT2D eigenvalue weighted by Crippen LogP contribution is -2.56. The van der Waals surface area contributed by atoms with Crippen molar-refractivity contribution in [3.05, 3.63) is 0 Å². The number of hydrogen-bond acceptors (Lipinski definition) is 3. The van der Waals surface area contributed by atoms with Crippen LogP contribution in [0.5, 0.6) is 0 Å². The van der Waals surface area contributed by atoms with Crippen LogP contribution in [-0.2, 0) is 9.59 Å². The highest BCUT2D eigenvalue weighted by molar-refractivity contribution is 5.84. The van der Waals surface area contributed by atoms with Crippen LogP contribution < -0.4 is 5.73 Å². The van der Waals surface area contributed by atoms with Gasteiger partial charge in [-0.25, -0.2) is 0 Å². The fraction of sp³-hybridized carbons (Fsp3) is 0.846. The van der Waals surface area contributed by atoms with Crippen LogP contribution in [0.15, 0.2) is 0 Å². The third kappa shape index (κ3) is 2.51. The molecular formula is C13H24N2O3. The number of carbonyl (C=O) groups is 2. The Balaban J connectivity index is 2.86. The van der Waals surface area contributed by atoms with Gasteiger partial charge in [0.2, 0.25) is 5.91 Å². The SMILES string of the molecule is C[C@@H]1CN(C(=O)C(C)(C)C(C)(C)N)C[C@H]1C(=O)O. The molecule has 1 amide bonds. The minimum absolute atomic E-state index is 0.0110. The van der Waals surface area contributed by atoms with E-state index in [0.29, 0.717) is 6.54 Å². The van der Waals surface area contributed by atoms with Gasteiger partial charge in [-0.15, -0.1) is 0 Å². The second-order valence-corrected chi connectivity index (χ2v) is 6.48. The third-order valence-corrected chi connectivity index (χ3v) is 4.36. The largest absolute Gasteiger partial charge is 0.481 e. The van der Waals surface area contributed by atoms with Crippen molar-refractivity contribution in [2.75, 3.05) is 13.1 Å². The normalized spacial score (nSPS) is 25.3. The Kier molecular flexibility index (Phi) is 3.77. The fourth-order valence-corrected chi connectivity index (χ4v) is 2.12. The Morgan fingerprint density at radius 2 is 1.72 bits per heavy atom. The maximum atomic E-state index is 12.5. The predicted molar refractivity (Wildman–Crippen MR) is 68.9 cm³/mol. The molecule has 1 saturated heterocycles. The molecule has 0 unspecified atom stereocenters. The molecule has 1 fully saturated rings. The van der Waals surface area contributed by atoms with Gasteiger partial charge in [0.25, 0.3) is 0 Å². The molecule has 0 aliphatic carbocycles. The van der Waals surface area contributed by atoms with Crippen molar-refractivity contribution in [2.24, 2.45) is 23.0 Å². The van der Waals surface area contributed by atoms with Gasteiger partial charge in [0.1, 0.15) is 0 Å². The van der Waals surface area contributed by atoms with E-state index in [-0.39, 0.29) is 18.4 Å². The van der Waals surface area contributed by atoms with Crippen molar-refractivity contribution in [3.63, 3.8) is 0 Å². The summed E-state index contributed by atoms with van der Waals surface area (Å²) in [7, 11) is 0. The molecule has 104 valence electrons. The van der Waals surface area contributed by atoms with E-state index >= 15 is 0 Å². The number of carbonyl (C=O) groups excluding carboxylic acids is 1. The van der Waals surface area contributed by atoms with Crippen molar-refractivity contribution in [2.45, 2.75) is 40.2 Å². The fourth-order valence-electron chi connectivity index (χ4n) is 2.12. The number of nitrogens with two attached hydrogens (primary N) is 1. The minimum atomic E-state index is -0.831. The van der Waals surface area contributed by atoms with E-state index < -0.39 is 22.8 Å². The van der Waals surface area contributed by atoms with Gasteiger partial charge in [-0.3, -0.25) is 9.59 Å². The Labute approximate surface area is 108 Å². The van der Waals surface area contributed by atoms with Crippen LogP contribution in [0.1, 0.15) is 34.6 Å². The summed E-state index contributed by atoms with van der Waals surface area (Å²) in [6.07, 6.45) is 0. The average Bonchev–Trinajstić information content (AvgIpc) is 2.57. The summed E-state index contributed by atoms with van der Waals surface area (Å²) in [5.74, 6) is -1.37. The molecule has 1 aliphatic rings. The van der Waals surface area contributed by atoms with Crippen LogP contribution in [0.2, 0.25) is 0 Å². The zero-order valence-electron chi connectivity index (χ0n) is 11.9. The minimum Gasteiger partial charge on any atom is -0.481 e. The van der Waals surface area contributed by atoms with Gasteiger partial charge in [-0.05, 0) is 33.6 Å². The molecule has 18 heavy (non-hydrogen) atoms. The number of carboxylic acids is 1. The first-order valence-corrected chi connectivity index (χ1v) is 6.29. The van der Waals surface area contributed by atoms with Crippen molar-refractivity contribution < 1.29 is 14.7 Å². The lowest BCUT2D eigenvalue weighted by Gasteiger charge is -2.39. The molecular weight excluding hydrogens is 232 g/mol. The number of hydrogen-bond donors (Lipinski definition) is 2. The highest BCUT2D eigenvalue weighted by Gasteiger charge is 2.46. The molecule has 1 heterocycles. The van der Waals surface area contributed by atoms with Crippen molar-refractivity contribution in [1.82, 2.24) is 4.90 Å². The van der Waals surface area contributed by atoms with Crippen LogP contribution in [0.4, 0.5) is 0 Å². The van der Waals surface area contributed by atoms with Crippen LogP contribution in [0, 0.1) is 17.3 Å². The molecule has 2 atom stereocenters. The Hall–Kier alpha value is -1.10. The maximum Gasteiger partial charge on any atom is 0.308 e. The van der Waals surface area contributed by atoms with Crippen LogP contribution in [-0.4, -0.2) is 40.5 Å². The number of likely N-dealkylation sites (tertiary alicyclic amines) is 1. The molecule has 0 aromatic carbocycles. The zero-order chi connectivity index (χ0) is 14.3. The first-order chi connectivity index (χ1) is 7.98. The van der Waals surface area contributed by atoms with E-state index in [1.54, 1.807) is 4.90 Å². The molecule has 0 bridgehead atoms. The van der Waals surface area contributed by atoms with E-state index in [9.17, 15) is 9.59 Å². The van der Waals surface area contributed by atoms with Gasteiger partial charge in [0.15, 0.2) is 0 Å². The van der Waals surface area contributed by atoms with E-state index in [0.717, 1.165) is 0 Å². The third-order valence-electron chi connectivity index (χ3n) is 4.36. The summed E-state index contributed by atoms with van der Waals surface area (Å²) in [6, 6.07) is 0. The molecule has 0 aromatic rings. The summed E-state index contributed by atoms with van der Waals surface area (Å²) < 4.78 is 0. The Bertz CT molecular complexity index is 358. The first-order valence-electron chi connectivity index (χ1n) is 6.29. The molecule has 3 N–H and O–H groups in total. The summed E-state index contributed by atoms with van der Waals surface area (Å²) in [6.45, 7) is 9.91. The van der Waals surface area contributed by atoms with Gasteiger partial charge in [-0.1, -0.05) is 6.92 Å². The van der Waals surface area contributed by atoms with E-state index in [4.69, 9.17) is 10.8 Å². The highest BCUT2D eigenvalue weighted by atomic mass is 16.4. The lowest BCUT2D eigenvalue weighted by molar-refractivity contribution is -0.144. The van der Waals surface area contributed by atoms with Crippen LogP contribution in [0.25, 0.3) is 0 Å². The van der Waals surface area contributed by atoms with E-state index in [2.05, 4.69) is 0 Å². The molecule has 0 saturated carbocycles. The second kappa shape index (κ2) is 4.53. The first kappa shape index (κ1) is 15.0. The number of nitrogens with zero attached hydrogens (tertiary/aromatic N) is 1.